The Balaban J connectivity index is 1.51. The molecule has 0 bridgehead atoms. The van der Waals surface area contributed by atoms with Crippen molar-refractivity contribution in [1.82, 2.24) is 19.4 Å². The van der Waals surface area contributed by atoms with Crippen LogP contribution in [0.2, 0.25) is 5.02 Å². The number of rotatable bonds is 6. The van der Waals surface area contributed by atoms with E-state index < -0.39 is 0 Å². The zero-order valence-electron chi connectivity index (χ0n) is 18.6. The van der Waals surface area contributed by atoms with Gasteiger partial charge < -0.3 is 15.7 Å². The lowest BCUT2D eigenvalue weighted by atomic mass is 9.95. The van der Waals surface area contributed by atoms with Crippen molar-refractivity contribution in [3.8, 4) is 17.5 Å². The van der Waals surface area contributed by atoms with Gasteiger partial charge in [-0.25, -0.2) is 4.68 Å². The second kappa shape index (κ2) is 9.89. The average Bonchev–Trinajstić information content (AvgIpc) is 3.29. The lowest BCUT2D eigenvalue weighted by Gasteiger charge is -2.27. The molecule has 1 aliphatic rings. The van der Waals surface area contributed by atoms with E-state index in [1.54, 1.807) is 6.07 Å². The van der Waals surface area contributed by atoms with E-state index in [9.17, 15) is 10.1 Å². The third kappa shape index (κ3) is 4.59. The molecule has 1 aliphatic carbocycles. The summed E-state index contributed by atoms with van der Waals surface area (Å²) < 4.78 is 3.48. The summed E-state index contributed by atoms with van der Waals surface area (Å²) in [5, 5.41) is 21.9. The van der Waals surface area contributed by atoms with E-state index in [1.165, 1.54) is 22.9 Å². The molecule has 1 aromatic carbocycles. The topological polar surface area (TPSA) is 115 Å². The molecule has 33 heavy (non-hydrogen) atoms. The van der Waals surface area contributed by atoms with Crippen molar-refractivity contribution in [3.05, 3.63) is 46.1 Å². The summed E-state index contributed by atoms with van der Waals surface area (Å²) in [7, 11) is 0. The van der Waals surface area contributed by atoms with E-state index in [-0.39, 0.29) is 11.7 Å². The Hall–Kier alpha value is -2.96. The van der Waals surface area contributed by atoms with Gasteiger partial charge in [0, 0.05) is 17.3 Å². The summed E-state index contributed by atoms with van der Waals surface area (Å²) in [5.74, 6) is 7.04. The lowest BCUT2D eigenvalue weighted by molar-refractivity contribution is -0.113. The second-order valence-corrected chi connectivity index (χ2v) is 9.55. The highest BCUT2D eigenvalue weighted by atomic mass is 35.5. The number of hydrogen-bond donors (Lipinski definition) is 2. The van der Waals surface area contributed by atoms with E-state index in [4.69, 9.17) is 17.4 Å². The molecule has 0 saturated heterocycles. The molecular weight excluding hydrogens is 458 g/mol. The van der Waals surface area contributed by atoms with E-state index in [1.807, 2.05) is 32.0 Å². The summed E-state index contributed by atoms with van der Waals surface area (Å²) >= 11 is 7.42. The first-order valence-corrected chi connectivity index (χ1v) is 12.3. The molecule has 2 aromatic heterocycles. The normalized spacial score (nSPS) is 14.2. The molecule has 8 nitrogen and oxygen atoms in total. The number of nitrogens with one attached hydrogen (secondary N) is 1. The highest BCUT2D eigenvalue weighted by molar-refractivity contribution is 7.99. The molecule has 4 rings (SSSR count). The summed E-state index contributed by atoms with van der Waals surface area (Å²) in [4.78, 5) is 12.9. The predicted molar refractivity (Wildman–Crippen MR) is 131 cm³/mol. The van der Waals surface area contributed by atoms with Crippen molar-refractivity contribution < 1.29 is 4.79 Å². The molecular formula is C23H26ClN7OS. The van der Waals surface area contributed by atoms with Gasteiger partial charge in [0.25, 0.3) is 0 Å². The second-order valence-electron chi connectivity index (χ2n) is 8.20. The van der Waals surface area contributed by atoms with Crippen LogP contribution in [0.1, 0.15) is 55.0 Å². The van der Waals surface area contributed by atoms with Crippen LogP contribution in [0.15, 0.2) is 29.4 Å². The van der Waals surface area contributed by atoms with Crippen molar-refractivity contribution in [3.63, 3.8) is 0 Å². The predicted octanol–water partition coefficient (Wildman–Crippen LogP) is 4.84. The van der Waals surface area contributed by atoms with Gasteiger partial charge in [-0.3, -0.25) is 4.79 Å². The van der Waals surface area contributed by atoms with Crippen LogP contribution in [-0.2, 0) is 4.79 Å². The van der Waals surface area contributed by atoms with Crippen LogP contribution in [0.3, 0.4) is 0 Å². The highest BCUT2D eigenvalue weighted by Gasteiger charge is 2.26. The van der Waals surface area contributed by atoms with Crippen molar-refractivity contribution in [1.29, 1.82) is 5.26 Å². The maximum atomic E-state index is 12.9. The molecule has 1 saturated carbocycles. The van der Waals surface area contributed by atoms with E-state index in [0.29, 0.717) is 39.0 Å². The summed E-state index contributed by atoms with van der Waals surface area (Å²) in [6, 6.07) is 9.81. The number of hydrogen-bond acceptors (Lipinski definition) is 6. The van der Waals surface area contributed by atoms with E-state index in [0.717, 1.165) is 36.9 Å². The maximum absolute atomic E-state index is 12.9. The molecule has 0 unspecified atom stereocenters. The zero-order valence-corrected chi connectivity index (χ0v) is 20.2. The number of carbonyl (C=O) groups excluding carboxylic acids is 1. The number of carbonyl (C=O) groups is 1. The Labute approximate surface area is 202 Å². The van der Waals surface area contributed by atoms with Crippen LogP contribution < -0.4 is 11.2 Å². The minimum atomic E-state index is -0.228. The fourth-order valence-corrected chi connectivity index (χ4v) is 5.26. The third-order valence-electron chi connectivity index (χ3n) is 6.18. The van der Waals surface area contributed by atoms with Gasteiger partial charge >= 0.3 is 0 Å². The molecule has 0 radical (unpaired) electrons. The van der Waals surface area contributed by atoms with Crippen LogP contribution in [0.25, 0.3) is 11.4 Å². The van der Waals surface area contributed by atoms with Crippen LogP contribution in [0, 0.1) is 25.2 Å². The Kier molecular flexibility index (Phi) is 6.96. The van der Waals surface area contributed by atoms with Crippen LogP contribution in [-0.4, -0.2) is 31.1 Å². The number of amides is 1. The molecule has 172 valence electrons. The molecule has 10 heteroatoms. The Morgan fingerprint density at radius 3 is 2.70 bits per heavy atom. The Morgan fingerprint density at radius 2 is 2.00 bits per heavy atom. The van der Waals surface area contributed by atoms with Gasteiger partial charge in [-0.2, -0.15) is 5.26 Å². The molecule has 3 N–H and O–H groups in total. The number of anilines is 1. The maximum Gasteiger partial charge on any atom is 0.235 e. The van der Waals surface area contributed by atoms with Crippen molar-refractivity contribution in [2.45, 2.75) is 57.1 Å². The van der Waals surface area contributed by atoms with Gasteiger partial charge in [0.1, 0.15) is 11.9 Å². The van der Waals surface area contributed by atoms with E-state index in [2.05, 4.69) is 26.2 Å². The summed E-state index contributed by atoms with van der Waals surface area (Å²) in [5.41, 5.74) is 3.14. The molecule has 0 aliphatic heterocycles. The first-order chi connectivity index (χ1) is 15.9. The smallest absolute Gasteiger partial charge is 0.235 e. The molecule has 3 aromatic rings. The first-order valence-electron chi connectivity index (χ1n) is 10.9. The molecule has 0 spiro atoms. The van der Waals surface area contributed by atoms with Crippen LogP contribution in [0.5, 0.6) is 0 Å². The van der Waals surface area contributed by atoms with Crippen LogP contribution in [0.4, 0.5) is 5.82 Å². The number of nitrogen functional groups attached to an aromatic ring is 1. The number of benzene rings is 1. The van der Waals surface area contributed by atoms with Gasteiger partial charge in [-0.15, -0.1) is 10.2 Å². The largest absolute Gasteiger partial charge is 0.335 e. The molecule has 2 heterocycles. The number of nitrogens with zero attached hydrogens (tertiary/aromatic N) is 5. The number of halogens is 1. The lowest BCUT2D eigenvalue weighted by Crippen LogP contribution is -2.22. The van der Waals surface area contributed by atoms with E-state index >= 15 is 0 Å². The quantitative estimate of drug-likeness (QED) is 0.383. The van der Waals surface area contributed by atoms with Crippen LogP contribution >= 0.6 is 23.4 Å². The average molecular weight is 484 g/mol. The van der Waals surface area contributed by atoms with Crippen molar-refractivity contribution in [2.24, 2.45) is 0 Å². The minimum Gasteiger partial charge on any atom is -0.335 e. The Morgan fingerprint density at radius 1 is 1.27 bits per heavy atom. The number of nitrogens with two attached hydrogens (primary N) is 1. The number of aromatic nitrogens is 4. The monoisotopic (exact) mass is 483 g/mol. The fourth-order valence-electron chi connectivity index (χ4n) is 4.38. The Bertz CT molecular complexity index is 1220. The summed E-state index contributed by atoms with van der Waals surface area (Å²) in [6.07, 6.45) is 5.66. The minimum absolute atomic E-state index is 0.0800. The van der Waals surface area contributed by atoms with Gasteiger partial charge in [-0.1, -0.05) is 54.8 Å². The molecule has 1 amide bonds. The number of nitriles is 1. The first kappa shape index (κ1) is 23.2. The van der Waals surface area contributed by atoms with Crippen molar-refractivity contribution in [2.75, 3.05) is 16.9 Å². The van der Waals surface area contributed by atoms with Gasteiger partial charge in [0.15, 0.2) is 5.82 Å². The number of thioether (sulfide) groups is 1. The molecule has 1 fully saturated rings. The SMILES string of the molecule is Cc1c(C#N)c(NC(=O)CSc2nnc(-c3ccccc3Cl)n2N)n(C2CCCCC2)c1C. The zero-order chi connectivity index (χ0) is 23.5. The fraction of sp³-hybridized carbons (Fsp3) is 0.391. The standard InChI is InChI=1S/C23H26ClN7OS/c1-14-15(2)30(16-8-4-3-5-9-16)21(18(14)12-25)27-20(32)13-33-23-29-28-22(31(23)26)17-10-6-7-11-19(17)24/h6-7,10-11,16H,3-5,8-9,13,26H2,1-2H3,(H,27,32). The van der Waals surface area contributed by atoms with Crippen molar-refractivity contribution >= 4 is 35.1 Å². The third-order valence-corrected chi connectivity index (χ3v) is 7.45. The van der Waals surface area contributed by atoms with Gasteiger partial charge in [-0.05, 0) is 44.4 Å². The van der Waals surface area contributed by atoms with Gasteiger partial charge in [0.05, 0.1) is 16.3 Å². The van der Waals surface area contributed by atoms with Gasteiger partial charge in [0.2, 0.25) is 11.1 Å². The molecule has 0 atom stereocenters. The summed E-state index contributed by atoms with van der Waals surface area (Å²) in [6.45, 7) is 3.95. The highest BCUT2D eigenvalue weighted by Crippen LogP contribution is 2.37.